The van der Waals surface area contributed by atoms with Crippen LogP contribution < -0.4 is 10.1 Å². The Labute approximate surface area is 227 Å². The van der Waals surface area contributed by atoms with Gasteiger partial charge in [0.1, 0.15) is 12.3 Å². The zero-order chi connectivity index (χ0) is 28.6. The number of thioether (sulfide) groups is 1. The van der Waals surface area contributed by atoms with E-state index in [0.29, 0.717) is 11.8 Å². The largest absolute Gasteiger partial charge is 0.495 e. The summed E-state index contributed by atoms with van der Waals surface area (Å²) in [5, 5.41) is 1.66. The standard InChI is InChI=1S/C28H26F3N3O4S/c1-15-8-16(2)10-21(9-15)34-17(3)11-19(18(34)4)12-24-26(36)33(27(37)39-24)14-25(35)32-22-13-20(28(29,30)31)6-7-23(22)38-5/h6-13H,14H2,1-5H3,(H,32,35)/b24-12-. The van der Waals surface area contributed by atoms with Crippen LogP contribution in [0.2, 0.25) is 0 Å². The lowest BCUT2D eigenvalue weighted by atomic mass is 10.1. The van der Waals surface area contributed by atoms with Crippen LogP contribution in [0.3, 0.4) is 0 Å². The number of aromatic nitrogens is 1. The van der Waals surface area contributed by atoms with Gasteiger partial charge in [0.25, 0.3) is 11.1 Å². The van der Waals surface area contributed by atoms with Crippen molar-refractivity contribution in [2.45, 2.75) is 33.9 Å². The van der Waals surface area contributed by atoms with E-state index in [4.69, 9.17) is 4.74 Å². The highest BCUT2D eigenvalue weighted by Crippen LogP contribution is 2.36. The molecule has 1 saturated heterocycles. The number of nitrogens with zero attached hydrogens (tertiary/aromatic N) is 2. The van der Waals surface area contributed by atoms with E-state index in [2.05, 4.69) is 28.1 Å². The number of aryl methyl sites for hydroxylation is 3. The van der Waals surface area contributed by atoms with Crippen molar-refractivity contribution < 1.29 is 32.3 Å². The molecule has 1 aliphatic rings. The molecule has 0 saturated carbocycles. The number of halogens is 3. The highest BCUT2D eigenvalue weighted by molar-refractivity contribution is 8.18. The third kappa shape index (κ3) is 5.88. The van der Waals surface area contributed by atoms with Crippen LogP contribution in [0.15, 0.2) is 47.4 Å². The Morgan fingerprint density at radius 1 is 1.03 bits per heavy atom. The highest BCUT2D eigenvalue weighted by atomic mass is 32.2. The Bertz CT molecular complexity index is 1500. The number of hydrogen-bond donors (Lipinski definition) is 1. The van der Waals surface area contributed by atoms with Gasteiger partial charge in [0.2, 0.25) is 5.91 Å². The second-order valence-corrected chi connectivity index (χ2v) is 10.2. The van der Waals surface area contributed by atoms with Crippen LogP contribution in [0.1, 0.15) is 33.6 Å². The molecule has 7 nitrogen and oxygen atoms in total. The summed E-state index contributed by atoms with van der Waals surface area (Å²) in [7, 11) is 1.25. The van der Waals surface area contributed by atoms with Gasteiger partial charge in [0.15, 0.2) is 0 Å². The Morgan fingerprint density at radius 3 is 2.31 bits per heavy atom. The summed E-state index contributed by atoms with van der Waals surface area (Å²) in [5.41, 5.74) is 4.57. The normalized spacial score (nSPS) is 14.9. The van der Waals surface area contributed by atoms with Crippen LogP contribution in [-0.4, -0.2) is 40.2 Å². The predicted molar refractivity (Wildman–Crippen MR) is 144 cm³/mol. The van der Waals surface area contributed by atoms with Gasteiger partial charge < -0.3 is 14.6 Å². The summed E-state index contributed by atoms with van der Waals surface area (Å²) in [4.78, 5) is 39.2. The smallest absolute Gasteiger partial charge is 0.416 e. The van der Waals surface area contributed by atoms with Crippen LogP contribution >= 0.6 is 11.8 Å². The molecule has 0 bridgehead atoms. The predicted octanol–water partition coefficient (Wildman–Crippen LogP) is 6.41. The molecular formula is C28H26F3N3O4S. The summed E-state index contributed by atoms with van der Waals surface area (Å²) < 4.78 is 46.4. The summed E-state index contributed by atoms with van der Waals surface area (Å²) in [6, 6.07) is 10.7. The minimum Gasteiger partial charge on any atom is -0.495 e. The van der Waals surface area contributed by atoms with Gasteiger partial charge in [-0.3, -0.25) is 19.3 Å². The van der Waals surface area contributed by atoms with Gasteiger partial charge in [-0.25, -0.2) is 0 Å². The number of imide groups is 1. The van der Waals surface area contributed by atoms with Crippen LogP contribution in [0.5, 0.6) is 5.75 Å². The quantitative estimate of drug-likeness (QED) is 0.354. The van der Waals surface area contributed by atoms with Crippen molar-refractivity contribution in [1.82, 2.24) is 9.47 Å². The fourth-order valence-electron chi connectivity index (χ4n) is 4.50. The minimum atomic E-state index is -4.63. The zero-order valence-electron chi connectivity index (χ0n) is 21.9. The molecule has 0 unspecified atom stereocenters. The molecule has 2 aromatic carbocycles. The van der Waals surface area contributed by atoms with Crippen molar-refractivity contribution >= 4 is 40.6 Å². The monoisotopic (exact) mass is 557 g/mol. The van der Waals surface area contributed by atoms with Crippen LogP contribution in [0, 0.1) is 27.7 Å². The van der Waals surface area contributed by atoms with Crippen LogP contribution in [0.4, 0.5) is 23.7 Å². The minimum absolute atomic E-state index is 0.00421. The summed E-state index contributed by atoms with van der Waals surface area (Å²) in [6.07, 6.45) is -3.02. The van der Waals surface area contributed by atoms with Crippen molar-refractivity contribution in [2.24, 2.45) is 0 Å². The van der Waals surface area contributed by atoms with Crippen molar-refractivity contribution in [1.29, 1.82) is 0 Å². The molecule has 204 valence electrons. The van der Waals surface area contributed by atoms with Crippen molar-refractivity contribution in [3.05, 3.63) is 81.0 Å². The lowest BCUT2D eigenvalue weighted by molar-refractivity contribution is -0.137. The number of carbonyl (C=O) groups is 3. The van der Waals surface area contributed by atoms with Crippen molar-refractivity contribution in [3.63, 3.8) is 0 Å². The number of hydrogen-bond acceptors (Lipinski definition) is 5. The van der Waals surface area contributed by atoms with Crippen molar-refractivity contribution in [2.75, 3.05) is 19.0 Å². The van der Waals surface area contributed by atoms with Gasteiger partial charge in [-0.15, -0.1) is 0 Å². The molecular weight excluding hydrogens is 531 g/mol. The van der Waals surface area contributed by atoms with E-state index in [0.717, 1.165) is 56.9 Å². The lowest BCUT2D eigenvalue weighted by Gasteiger charge is -2.16. The van der Waals surface area contributed by atoms with E-state index in [-0.39, 0.29) is 16.3 Å². The number of anilines is 1. The van der Waals surface area contributed by atoms with E-state index < -0.39 is 35.3 Å². The molecule has 4 rings (SSSR count). The fourth-order valence-corrected chi connectivity index (χ4v) is 5.33. The number of nitrogens with one attached hydrogen (secondary N) is 1. The maximum atomic E-state index is 13.1. The van der Waals surface area contributed by atoms with Crippen molar-refractivity contribution in [3.8, 4) is 11.4 Å². The first-order valence-electron chi connectivity index (χ1n) is 11.9. The maximum absolute atomic E-state index is 13.1. The molecule has 0 spiro atoms. The van der Waals surface area contributed by atoms with E-state index in [9.17, 15) is 27.6 Å². The number of benzene rings is 2. The van der Waals surface area contributed by atoms with E-state index in [1.54, 1.807) is 6.08 Å². The number of amides is 3. The number of alkyl halides is 3. The average molecular weight is 558 g/mol. The molecule has 0 atom stereocenters. The summed E-state index contributed by atoms with van der Waals surface area (Å²) >= 11 is 0.699. The van der Waals surface area contributed by atoms with Gasteiger partial charge in [-0.05, 0) is 98.6 Å². The number of carbonyl (C=O) groups excluding carboxylic acids is 3. The first-order valence-corrected chi connectivity index (χ1v) is 12.7. The van der Waals surface area contributed by atoms with Gasteiger partial charge in [0.05, 0.1) is 23.3 Å². The van der Waals surface area contributed by atoms with Crippen LogP contribution in [-0.2, 0) is 15.8 Å². The molecule has 2 heterocycles. The van der Waals surface area contributed by atoms with Gasteiger partial charge in [-0.2, -0.15) is 13.2 Å². The second kappa shape index (κ2) is 10.6. The second-order valence-electron chi connectivity index (χ2n) is 9.24. The molecule has 1 aromatic heterocycles. The summed E-state index contributed by atoms with van der Waals surface area (Å²) in [6.45, 7) is 7.22. The molecule has 11 heteroatoms. The first-order chi connectivity index (χ1) is 18.3. The highest BCUT2D eigenvalue weighted by Gasteiger charge is 2.37. The van der Waals surface area contributed by atoms with E-state index >= 15 is 0 Å². The third-order valence-electron chi connectivity index (χ3n) is 6.20. The molecule has 1 fully saturated rings. The Morgan fingerprint density at radius 2 is 1.69 bits per heavy atom. The first kappa shape index (κ1) is 28.0. The average Bonchev–Trinajstić information content (AvgIpc) is 3.26. The molecule has 1 aliphatic heterocycles. The van der Waals surface area contributed by atoms with Gasteiger partial charge in [-0.1, -0.05) is 6.07 Å². The number of ether oxygens (including phenoxy) is 1. The molecule has 0 aliphatic carbocycles. The zero-order valence-corrected chi connectivity index (χ0v) is 22.7. The Balaban J connectivity index is 1.54. The SMILES string of the molecule is COc1ccc(C(F)(F)F)cc1NC(=O)CN1C(=O)S/C(=C\c2cc(C)n(-c3cc(C)cc(C)c3)c2C)C1=O. The van der Waals surface area contributed by atoms with Gasteiger partial charge >= 0.3 is 6.18 Å². The fraction of sp³-hybridized carbons (Fsp3) is 0.250. The lowest BCUT2D eigenvalue weighted by Crippen LogP contribution is -2.36. The number of rotatable bonds is 6. The molecule has 3 amide bonds. The van der Waals surface area contributed by atoms with E-state index in [1.807, 2.05) is 33.8 Å². The summed E-state index contributed by atoms with van der Waals surface area (Å²) in [5.74, 6) is -1.50. The molecule has 0 radical (unpaired) electrons. The topological polar surface area (TPSA) is 80.6 Å². The van der Waals surface area contributed by atoms with E-state index in [1.165, 1.54) is 7.11 Å². The molecule has 3 aromatic rings. The Hall–Kier alpha value is -3.99. The van der Waals surface area contributed by atoms with Crippen LogP contribution in [0.25, 0.3) is 11.8 Å². The molecule has 39 heavy (non-hydrogen) atoms. The van der Waals surface area contributed by atoms with Gasteiger partial charge in [0, 0.05) is 17.1 Å². The number of methoxy groups -OCH3 is 1. The molecule has 1 N–H and O–H groups in total. The Kier molecular flexibility index (Phi) is 7.65. The third-order valence-corrected chi connectivity index (χ3v) is 7.11. The maximum Gasteiger partial charge on any atom is 0.416 e.